The summed E-state index contributed by atoms with van der Waals surface area (Å²) in [6.45, 7) is 2.02. The van der Waals surface area contributed by atoms with Gasteiger partial charge in [-0.25, -0.2) is 4.39 Å². The quantitative estimate of drug-likeness (QED) is 0.615. The van der Waals surface area contributed by atoms with Gasteiger partial charge in [-0.3, -0.25) is 4.79 Å². The molecule has 19 heavy (non-hydrogen) atoms. The first-order chi connectivity index (χ1) is 8.81. The lowest BCUT2D eigenvalue weighted by Crippen LogP contribution is -2.33. The average molecular weight is 298 g/mol. The molecule has 0 fully saturated rings. The van der Waals surface area contributed by atoms with Crippen molar-refractivity contribution in [3.8, 4) is 0 Å². The number of hydrogen-bond acceptors (Lipinski definition) is 1. The second kappa shape index (κ2) is 6.23. The molecule has 1 aromatic rings. The smallest absolute Gasteiger partial charge is 0.338 e. The maximum atomic E-state index is 13.5. The van der Waals surface area contributed by atoms with Crippen LogP contribution in [0.15, 0.2) is 18.2 Å². The fraction of sp³-hybridized carbons (Fsp3) is 0.417. The molecular formula is C12H12ClF4NO. The highest BCUT2D eigenvalue weighted by Gasteiger charge is 2.32. The summed E-state index contributed by atoms with van der Waals surface area (Å²) in [7, 11) is 0. The molecule has 0 heterocycles. The third-order valence-corrected chi connectivity index (χ3v) is 2.72. The van der Waals surface area contributed by atoms with E-state index in [4.69, 9.17) is 11.6 Å². The van der Waals surface area contributed by atoms with Crippen LogP contribution in [0.2, 0.25) is 0 Å². The Balaban J connectivity index is 3.15. The van der Waals surface area contributed by atoms with Gasteiger partial charge in [-0.15, -0.1) is 11.6 Å². The van der Waals surface area contributed by atoms with Gasteiger partial charge in [0, 0.05) is 19.0 Å². The largest absolute Gasteiger partial charge is 0.416 e. The van der Waals surface area contributed by atoms with Gasteiger partial charge < -0.3 is 4.90 Å². The lowest BCUT2D eigenvalue weighted by molar-refractivity contribution is -0.137. The molecule has 7 heteroatoms. The number of carbonyl (C=O) groups is 1. The monoisotopic (exact) mass is 297 g/mol. The SMILES string of the molecule is CCN(CCCl)C(=O)c1cc(C(F)(F)F)ccc1F. The van der Waals surface area contributed by atoms with Crippen LogP contribution in [-0.2, 0) is 6.18 Å². The first-order valence-corrected chi connectivity index (χ1v) is 6.06. The normalized spacial score (nSPS) is 11.5. The minimum Gasteiger partial charge on any atom is -0.338 e. The number of halogens is 5. The molecule has 0 bridgehead atoms. The van der Waals surface area contributed by atoms with Crippen molar-refractivity contribution in [2.45, 2.75) is 13.1 Å². The highest BCUT2D eigenvalue weighted by molar-refractivity contribution is 6.18. The zero-order valence-corrected chi connectivity index (χ0v) is 10.9. The Bertz CT molecular complexity index is 462. The number of alkyl halides is 4. The van der Waals surface area contributed by atoms with Crippen molar-refractivity contribution in [2.24, 2.45) is 0 Å². The van der Waals surface area contributed by atoms with Gasteiger partial charge in [-0.1, -0.05) is 0 Å². The van der Waals surface area contributed by atoms with Gasteiger partial charge in [0.25, 0.3) is 5.91 Å². The van der Waals surface area contributed by atoms with Crippen LogP contribution in [0, 0.1) is 5.82 Å². The Hall–Kier alpha value is -1.30. The van der Waals surface area contributed by atoms with Gasteiger partial charge in [0.15, 0.2) is 0 Å². The van der Waals surface area contributed by atoms with E-state index >= 15 is 0 Å². The molecule has 0 N–H and O–H groups in total. The van der Waals surface area contributed by atoms with Crippen molar-refractivity contribution >= 4 is 17.5 Å². The van der Waals surface area contributed by atoms with Crippen molar-refractivity contribution in [1.82, 2.24) is 4.90 Å². The molecule has 0 aliphatic rings. The Kier molecular flexibility index (Phi) is 5.17. The molecule has 0 aliphatic heterocycles. The van der Waals surface area contributed by atoms with Crippen LogP contribution in [0.1, 0.15) is 22.8 Å². The Morgan fingerprint density at radius 2 is 2.00 bits per heavy atom. The third-order valence-electron chi connectivity index (χ3n) is 2.55. The van der Waals surface area contributed by atoms with E-state index in [0.29, 0.717) is 18.2 Å². The molecule has 0 saturated carbocycles. The van der Waals surface area contributed by atoms with Crippen LogP contribution in [0.5, 0.6) is 0 Å². The first kappa shape index (κ1) is 15.8. The number of rotatable bonds is 4. The summed E-state index contributed by atoms with van der Waals surface area (Å²) in [6.07, 6.45) is -4.62. The van der Waals surface area contributed by atoms with E-state index in [1.165, 1.54) is 4.90 Å². The number of carbonyl (C=O) groups excluding carboxylic acids is 1. The zero-order valence-electron chi connectivity index (χ0n) is 10.1. The molecule has 1 amide bonds. The van der Waals surface area contributed by atoms with E-state index < -0.39 is 29.0 Å². The van der Waals surface area contributed by atoms with Crippen LogP contribution in [0.4, 0.5) is 17.6 Å². The molecule has 0 saturated heterocycles. The summed E-state index contributed by atoms with van der Waals surface area (Å²) in [5.41, 5.74) is -1.65. The predicted molar refractivity (Wildman–Crippen MR) is 63.7 cm³/mol. The van der Waals surface area contributed by atoms with Gasteiger partial charge in [0.1, 0.15) is 5.82 Å². The lowest BCUT2D eigenvalue weighted by atomic mass is 10.1. The molecular weight excluding hydrogens is 286 g/mol. The summed E-state index contributed by atoms with van der Waals surface area (Å²) in [5, 5.41) is 0. The summed E-state index contributed by atoms with van der Waals surface area (Å²) >= 11 is 5.48. The second-order valence-electron chi connectivity index (χ2n) is 3.77. The topological polar surface area (TPSA) is 20.3 Å². The average Bonchev–Trinajstić information content (AvgIpc) is 2.34. The number of amides is 1. The third kappa shape index (κ3) is 3.83. The Morgan fingerprint density at radius 1 is 1.37 bits per heavy atom. The van der Waals surface area contributed by atoms with Crippen LogP contribution in [0.25, 0.3) is 0 Å². The number of hydrogen-bond donors (Lipinski definition) is 0. The molecule has 1 aromatic carbocycles. The molecule has 0 spiro atoms. The number of benzene rings is 1. The standard InChI is InChI=1S/C12H12ClF4NO/c1-2-18(6-5-13)11(19)9-7-8(12(15,16)17)3-4-10(9)14/h3-4,7H,2,5-6H2,1H3. The van der Waals surface area contributed by atoms with Gasteiger partial charge in [0.05, 0.1) is 11.1 Å². The Morgan fingerprint density at radius 3 is 2.47 bits per heavy atom. The second-order valence-corrected chi connectivity index (χ2v) is 4.14. The van der Waals surface area contributed by atoms with Gasteiger partial charge in [0.2, 0.25) is 0 Å². The molecule has 0 aromatic heterocycles. The van der Waals surface area contributed by atoms with Gasteiger partial charge >= 0.3 is 6.18 Å². The van der Waals surface area contributed by atoms with Crippen molar-refractivity contribution < 1.29 is 22.4 Å². The minimum atomic E-state index is -4.62. The maximum absolute atomic E-state index is 13.5. The minimum absolute atomic E-state index is 0.125. The van der Waals surface area contributed by atoms with Crippen molar-refractivity contribution in [3.63, 3.8) is 0 Å². The first-order valence-electron chi connectivity index (χ1n) is 5.53. The van der Waals surface area contributed by atoms with E-state index in [1.807, 2.05) is 0 Å². The molecule has 2 nitrogen and oxygen atoms in total. The predicted octanol–water partition coefficient (Wildman–Crippen LogP) is 3.55. The fourth-order valence-corrected chi connectivity index (χ4v) is 1.75. The molecule has 0 unspecified atom stereocenters. The van der Waals surface area contributed by atoms with Crippen LogP contribution >= 0.6 is 11.6 Å². The van der Waals surface area contributed by atoms with E-state index in [1.54, 1.807) is 6.92 Å². The van der Waals surface area contributed by atoms with Crippen molar-refractivity contribution in [2.75, 3.05) is 19.0 Å². The highest BCUT2D eigenvalue weighted by Crippen LogP contribution is 2.30. The van der Waals surface area contributed by atoms with E-state index in [-0.39, 0.29) is 19.0 Å². The van der Waals surface area contributed by atoms with Gasteiger partial charge in [-0.2, -0.15) is 13.2 Å². The molecule has 1 rings (SSSR count). The van der Waals surface area contributed by atoms with Crippen LogP contribution in [-0.4, -0.2) is 29.8 Å². The Labute approximate surface area is 113 Å². The van der Waals surface area contributed by atoms with Crippen LogP contribution < -0.4 is 0 Å². The van der Waals surface area contributed by atoms with E-state index in [0.717, 1.165) is 0 Å². The fourth-order valence-electron chi connectivity index (χ4n) is 1.54. The van der Waals surface area contributed by atoms with Gasteiger partial charge in [-0.05, 0) is 25.1 Å². The summed E-state index contributed by atoms with van der Waals surface area (Å²) < 4.78 is 51.1. The highest BCUT2D eigenvalue weighted by atomic mass is 35.5. The van der Waals surface area contributed by atoms with E-state index in [2.05, 4.69) is 0 Å². The lowest BCUT2D eigenvalue weighted by Gasteiger charge is -2.20. The van der Waals surface area contributed by atoms with Crippen molar-refractivity contribution in [1.29, 1.82) is 0 Å². The molecule has 0 radical (unpaired) electrons. The van der Waals surface area contributed by atoms with Crippen LogP contribution in [0.3, 0.4) is 0 Å². The van der Waals surface area contributed by atoms with E-state index in [9.17, 15) is 22.4 Å². The summed E-state index contributed by atoms with van der Waals surface area (Å²) in [5.74, 6) is -1.65. The maximum Gasteiger partial charge on any atom is 0.416 e. The summed E-state index contributed by atoms with van der Waals surface area (Å²) in [4.78, 5) is 13.1. The summed E-state index contributed by atoms with van der Waals surface area (Å²) in [6, 6.07) is 1.77. The number of nitrogens with zero attached hydrogens (tertiary/aromatic N) is 1. The zero-order chi connectivity index (χ0) is 14.6. The molecule has 0 atom stereocenters. The van der Waals surface area contributed by atoms with Crippen molar-refractivity contribution in [3.05, 3.63) is 35.1 Å². The molecule has 106 valence electrons. The molecule has 0 aliphatic carbocycles.